The zero-order valence-corrected chi connectivity index (χ0v) is 20.1. The highest BCUT2D eigenvalue weighted by Gasteiger charge is 2.34. The van der Waals surface area contributed by atoms with Crippen LogP contribution >= 0.6 is 0 Å². The highest BCUT2D eigenvalue weighted by atomic mass is 16.5. The van der Waals surface area contributed by atoms with Gasteiger partial charge in [-0.2, -0.15) is 0 Å². The standard InChI is InChI=1S/C28H37N3O3/c32-27-26(12-4-5-18-30-27)31(28(33)24-10-2-1-3-11-24)21-23-13-15-25(16-14-23)34-19-7-9-22-8-6-17-29-20-22/h6,8,13-17,20,24,26H,1-5,7,9-12,18-19,21H2,(H,30,32)/t26-/m0/s1. The average Bonchev–Trinajstić information content (AvgIpc) is 3.11. The summed E-state index contributed by atoms with van der Waals surface area (Å²) in [7, 11) is 0. The second kappa shape index (κ2) is 12.5. The molecule has 4 rings (SSSR count). The first kappa shape index (κ1) is 24.2. The van der Waals surface area contributed by atoms with Crippen LogP contribution in [-0.4, -0.2) is 40.9 Å². The van der Waals surface area contributed by atoms with E-state index in [1.165, 1.54) is 12.0 Å². The summed E-state index contributed by atoms with van der Waals surface area (Å²) in [6.45, 7) is 1.81. The molecule has 0 unspecified atom stereocenters. The molecule has 1 N–H and O–H groups in total. The Hall–Kier alpha value is -2.89. The number of amides is 2. The van der Waals surface area contributed by atoms with Crippen LogP contribution in [0.1, 0.15) is 68.9 Å². The van der Waals surface area contributed by atoms with Gasteiger partial charge in [-0.25, -0.2) is 0 Å². The Morgan fingerprint density at radius 3 is 2.56 bits per heavy atom. The summed E-state index contributed by atoms with van der Waals surface area (Å²) in [4.78, 5) is 32.4. The first-order valence-corrected chi connectivity index (χ1v) is 12.9. The van der Waals surface area contributed by atoms with E-state index in [1.54, 1.807) is 6.20 Å². The van der Waals surface area contributed by atoms with Crippen LogP contribution in [0.25, 0.3) is 0 Å². The van der Waals surface area contributed by atoms with Gasteiger partial charge in [-0.3, -0.25) is 14.6 Å². The summed E-state index contributed by atoms with van der Waals surface area (Å²) < 4.78 is 5.92. The molecule has 2 aliphatic rings. The number of benzene rings is 1. The molecule has 2 fully saturated rings. The molecule has 34 heavy (non-hydrogen) atoms. The van der Waals surface area contributed by atoms with Gasteiger partial charge >= 0.3 is 0 Å². The monoisotopic (exact) mass is 463 g/mol. The van der Waals surface area contributed by atoms with E-state index < -0.39 is 0 Å². The van der Waals surface area contributed by atoms with E-state index in [0.717, 1.165) is 69.1 Å². The lowest BCUT2D eigenvalue weighted by atomic mass is 9.87. The van der Waals surface area contributed by atoms with Crippen molar-refractivity contribution in [3.63, 3.8) is 0 Å². The van der Waals surface area contributed by atoms with E-state index >= 15 is 0 Å². The Balaban J connectivity index is 1.37. The summed E-state index contributed by atoms with van der Waals surface area (Å²) >= 11 is 0. The van der Waals surface area contributed by atoms with Gasteiger partial charge in [0.2, 0.25) is 11.8 Å². The van der Waals surface area contributed by atoms with Crippen molar-refractivity contribution in [3.05, 3.63) is 59.9 Å². The van der Waals surface area contributed by atoms with Crippen LogP contribution in [0, 0.1) is 5.92 Å². The molecule has 0 radical (unpaired) electrons. The lowest BCUT2D eigenvalue weighted by Crippen LogP contribution is -2.50. The van der Waals surface area contributed by atoms with Crippen molar-refractivity contribution in [1.82, 2.24) is 15.2 Å². The lowest BCUT2D eigenvalue weighted by molar-refractivity contribution is -0.145. The third-order valence-electron chi connectivity index (χ3n) is 7.00. The van der Waals surface area contributed by atoms with Crippen molar-refractivity contribution in [1.29, 1.82) is 0 Å². The average molecular weight is 464 g/mol. The molecule has 1 aliphatic heterocycles. The number of carbonyl (C=O) groups is 2. The molecular formula is C28H37N3O3. The van der Waals surface area contributed by atoms with Gasteiger partial charge in [0.05, 0.1) is 6.61 Å². The van der Waals surface area contributed by atoms with Gasteiger partial charge in [0.1, 0.15) is 11.8 Å². The van der Waals surface area contributed by atoms with Crippen molar-refractivity contribution in [2.75, 3.05) is 13.2 Å². The molecule has 2 aromatic rings. The first-order valence-electron chi connectivity index (χ1n) is 12.9. The summed E-state index contributed by atoms with van der Waals surface area (Å²) in [5.74, 6) is 1.02. The quantitative estimate of drug-likeness (QED) is 0.549. The predicted molar refractivity (Wildman–Crippen MR) is 132 cm³/mol. The van der Waals surface area contributed by atoms with Crippen molar-refractivity contribution < 1.29 is 14.3 Å². The molecule has 1 aromatic heterocycles. The number of pyridine rings is 1. The van der Waals surface area contributed by atoms with Gasteiger partial charge in [-0.05, 0) is 74.3 Å². The van der Waals surface area contributed by atoms with Crippen LogP contribution in [0.3, 0.4) is 0 Å². The van der Waals surface area contributed by atoms with Gasteiger partial charge < -0.3 is 15.0 Å². The Morgan fingerprint density at radius 1 is 1.00 bits per heavy atom. The van der Waals surface area contributed by atoms with E-state index in [4.69, 9.17) is 4.74 Å². The highest BCUT2D eigenvalue weighted by molar-refractivity contribution is 5.88. The largest absolute Gasteiger partial charge is 0.494 e. The van der Waals surface area contributed by atoms with Crippen LogP contribution in [0.4, 0.5) is 0 Å². The second-order valence-electron chi connectivity index (χ2n) is 9.56. The number of aryl methyl sites for hydroxylation is 1. The fourth-order valence-electron chi connectivity index (χ4n) is 5.05. The van der Waals surface area contributed by atoms with Crippen molar-refractivity contribution in [3.8, 4) is 5.75 Å². The number of rotatable bonds is 9. The van der Waals surface area contributed by atoms with Crippen molar-refractivity contribution in [2.24, 2.45) is 5.92 Å². The molecule has 0 spiro atoms. The summed E-state index contributed by atoms with van der Waals surface area (Å²) in [6.07, 6.45) is 13.5. The minimum absolute atomic E-state index is 0.00442. The molecule has 1 aliphatic carbocycles. The minimum atomic E-state index is -0.375. The SMILES string of the molecule is O=C1NCCCC[C@@H]1N(Cc1ccc(OCCCc2cccnc2)cc1)C(=O)C1CCCCC1. The van der Waals surface area contributed by atoms with Crippen LogP contribution in [0.2, 0.25) is 0 Å². The topological polar surface area (TPSA) is 71.5 Å². The van der Waals surface area contributed by atoms with Crippen molar-refractivity contribution >= 4 is 11.8 Å². The highest BCUT2D eigenvalue weighted by Crippen LogP contribution is 2.28. The maximum absolute atomic E-state index is 13.5. The van der Waals surface area contributed by atoms with E-state index in [0.29, 0.717) is 19.7 Å². The predicted octanol–water partition coefficient (Wildman–Crippen LogP) is 4.67. The van der Waals surface area contributed by atoms with Gasteiger partial charge in [0, 0.05) is 31.4 Å². The number of nitrogens with one attached hydrogen (secondary N) is 1. The lowest BCUT2D eigenvalue weighted by Gasteiger charge is -2.34. The molecule has 2 heterocycles. The molecule has 1 saturated carbocycles. The zero-order valence-electron chi connectivity index (χ0n) is 20.1. The Labute approximate surface area is 203 Å². The van der Waals surface area contributed by atoms with Gasteiger partial charge in [-0.15, -0.1) is 0 Å². The zero-order chi connectivity index (χ0) is 23.6. The van der Waals surface area contributed by atoms with Crippen LogP contribution in [0.15, 0.2) is 48.8 Å². The van der Waals surface area contributed by atoms with Crippen LogP contribution < -0.4 is 10.1 Å². The maximum Gasteiger partial charge on any atom is 0.242 e. The van der Waals surface area contributed by atoms with E-state index in [9.17, 15) is 9.59 Å². The molecule has 2 amide bonds. The number of hydrogen-bond donors (Lipinski definition) is 1. The molecule has 6 nitrogen and oxygen atoms in total. The fraction of sp³-hybridized carbons (Fsp3) is 0.536. The molecule has 1 atom stereocenters. The minimum Gasteiger partial charge on any atom is -0.494 e. The smallest absolute Gasteiger partial charge is 0.242 e. The third kappa shape index (κ3) is 6.81. The fourth-order valence-corrected chi connectivity index (χ4v) is 5.05. The Morgan fingerprint density at radius 2 is 1.79 bits per heavy atom. The van der Waals surface area contributed by atoms with Gasteiger partial charge in [0.15, 0.2) is 0 Å². The number of aromatic nitrogens is 1. The summed E-state index contributed by atoms with van der Waals surface area (Å²) in [5.41, 5.74) is 2.25. The van der Waals surface area contributed by atoms with Crippen molar-refractivity contribution in [2.45, 2.75) is 76.8 Å². The Kier molecular flexibility index (Phi) is 8.94. The van der Waals surface area contributed by atoms with Crippen LogP contribution in [-0.2, 0) is 22.6 Å². The van der Waals surface area contributed by atoms with E-state index in [2.05, 4.69) is 16.4 Å². The van der Waals surface area contributed by atoms with E-state index in [-0.39, 0.29) is 23.8 Å². The number of ether oxygens (including phenoxy) is 1. The van der Waals surface area contributed by atoms with Crippen LogP contribution in [0.5, 0.6) is 5.75 Å². The summed E-state index contributed by atoms with van der Waals surface area (Å²) in [5, 5.41) is 3.01. The molecule has 0 bridgehead atoms. The molecular weight excluding hydrogens is 426 g/mol. The molecule has 1 saturated heterocycles. The Bertz CT molecular complexity index is 910. The molecule has 182 valence electrons. The number of nitrogens with zero attached hydrogens (tertiary/aromatic N) is 2. The molecule has 1 aromatic carbocycles. The molecule has 6 heteroatoms. The maximum atomic E-state index is 13.5. The third-order valence-corrected chi connectivity index (χ3v) is 7.00. The normalized spacial score (nSPS) is 19.2. The number of carbonyl (C=O) groups excluding carboxylic acids is 2. The van der Waals surface area contributed by atoms with Gasteiger partial charge in [-0.1, -0.05) is 37.5 Å². The number of hydrogen-bond acceptors (Lipinski definition) is 4. The summed E-state index contributed by atoms with van der Waals surface area (Å²) in [6, 6.07) is 11.6. The first-order chi connectivity index (χ1) is 16.7. The van der Waals surface area contributed by atoms with E-state index in [1.807, 2.05) is 41.4 Å². The second-order valence-corrected chi connectivity index (χ2v) is 9.56. The van der Waals surface area contributed by atoms with Gasteiger partial charge in [0.25, 0.3) is 0 Å².